The number of benzene rings is 1. The zero-order valence-electron chi connectivity index (χ0n) is 9.35. The molecule has 0 spiro atoms. The number of nitrogens with zero attached hydrogens (tertiary/aromatic N) is 1. The molecule has 1 aromatic heterocycles. The van der Waals surface area contributed by atoms with Crippen LogP contribution in [0.1, 0.15) is 17.8 Å². The van der Waals surface area contributed by atoms with Crippen LogP contribution in [0, 0.1) is 11.6 Å². The van der Waals surface area contributed by atoms with Crippen molar-refractivity contribution in [3.63, 3.8) is 0 Å². The van der Waals surface area contributed by atoms with E-state index in [4.69, 9.17) is 5.11 Å². The SMILES string of the molecule is CC(C(=O)O)c1nc(-c2cc(F)ccc2F)cs1. The predicted molar refractivity (Wildman–Crippen MR) is 63.5 cm³/mol. The molecule has 1 atom stereocenters. The first-order valence-corrected chi connectivity index (χ1v) is 6.00. The minimum atomic E-state index is -1.00. The average molecular weight is 269 g/mol. The summed E-state index contributed by atoms with van der Waals surface area (Å²) in [6.07, 6.45) is 0. The minimum Gasteiger partial charge on any atom is -0.481 e. The maximum atomic E-state index is 13.5. The highest BCUT2D eigenvalue weighted by atomic mass is 32.1. The first-order chi connectivity index (χ1) is 8.49. The number of hydrogen-bond acceptors (Lipinski definition) is 3. The van der Waals surface area contributed by atoms with Gasteiger partial charge in [-0.2, -0.15) is 0 Å². The summed E-state index contributed by atoms with van der Waals surface area (Å²) < 4.78 is 26.5. The van der Waals surface area contributed by atoms with Crippen LogP contribution in [0.5, 0.6) is 0 Å². The lowest BCUT2D eigenvalue weighted by Crippen LogP contribution is -2.06. The van der Waals surface area contributed by atoms with E-state index in [0.29, 0.717) is 5.01 Å². The van der Waals surface area contributed by atoms with E-state index < -0.39 is 23.5 Å². The van der Waals surface area contributed by atoms with Gasteiger partial charge in [0.25, 0.3) is 0 Å². The van der Waals surface area contributed by atoms with Crippen molar-refractivity contribution in [3.05, 3.63) is 40.2 Å². The molecular formula is C12H9F2NO2S. The third-order valence-corrected chi connectivity index (χ3v) is 3.49. The highest BCUT2D eigenvalue weighted by molar-refractivity contribution is 7.10. The number of carbonyl (C=O) groups is 1. The molecule has 0 amide bonds. The molecule has 1 aromatic carbocycles. The lowest BCUT2D eigenvalue weighted by molar-refractivity contribution is -0.138. The molecule has 2 rings (SSSR count). The highest BCUT2D eigenvalue weighted by Gasteiger charge is 2.19. The summed E-state index contributed by atoms with van der Waals surface area (Å²) >= 11 is 1.11. The van der Waals surface area contributed by atoms with Crippen LogP contribution in [0.25, 0.3) is 11.3 Å². The molecule has 2 aromatic rings. The Balaban J connectivity index is 2.41. The van der Waals surface area contributed by atoms with E-state index in [1.54, 1.807) is 0 Å². The fourth-order valence-electron chi connectivity index (χ4n) is 1.41. The summed E-state index contributed by atoms with van der Waals surface area (Å²) in [5.41, 5.74) is 0.287. The zero-order chi connectivity index (χ0) is 13.3. The number of carboxylic acid groups (broad SMARTS) is 1. The van der Waals surface area contributed by atoms with Crippen molar-refractivity contribution in [2.45, 2.75) is 12.8 Å². The molecule has 0 saturated heterocycles. The number of aliphatic carboxylic acids is 1. The van der Waals surface area contributed by atoms with Gasteiger partial charge in [-0.05, 0) is 25.1 Å². The Morgan fingerprint density at radius 1 is 1.44 bits per heavy atom. The number of aromatic nitrogens is 1. The van der Waals surface area contributed by atoms with Gasteiger partial charge in [-0.25, -0.2) is 13.8 Å². The lowest BCUT2D eigenvalue weighted by atomic mass is 10.1. The Kier molecular flexibility index (Phi) is 3.38. The second-order valence-electron chi connectivity index (χ2n) is 3.76. The molecule has 1 heterocycles. The van der Waals surface area contributed by atoms with Gasteiger partial charge in [0.2, 0.25) is 0 Å². The fourth-order valence-corrected chi connectivity index (χ4v) is 2.28. The van der Waals surface area contributed by atoms with Crippen molar-refractivity contribution in [1.29, 1.82) is 0 Å². The van der Waals surface area contributed by atoms with Gasteiger partial charge in [0.1, 0.15) is 22.6 Å². The van der Waals surface area contributed by atoms with Crippen molar-refractivity contribution in [3.8, 4) is 11.3 Å². The predicted octanol–water partition coefficient (Wildman–Crippen LogP) is 3.28. The van der Waals surface area contributed by atoms with Crippen molar-refractivity contribution in [2.75, 3.05) is 0 Å². The minimum absolute atomic E-state index is 0.0371. The van der Waals surface area contributed by atoms with Gasteiger partial charge in [0.05, 0.1) is 5.69 Å². The number of halogens is 2. The summed E-state index contributed by atoms with van der Waals surface area (Å²) in [5.74, 6) is -2.92. The summed E-state index contributed by atoms with van der Waals surface area (Å²) in [7, 11) is 0. The van der Waals surface area contributed by atoms with Crippen molar-refractivity contribution >= 4 is 17.3 Å². The van der Waals surface area contributed by atoms with Crippen LogP contribution in [0.3, 0.4) is 0 Å². The Labute approximate surface area is 106 Å². The summed E-state index contributed by atoms with van der Waals surface area (Å²) in [4.78, 5) is 14.8. The molecule has 94 valence electrons. The van der Waals surface area contributed by atoms with Crippen LogP contribution in [0.2, 0.25) is 0 Å². The van der Waals surface area contributed by atoms with Crippen LogP contribution in [0.15, 0.2) is 23.6 Å². The average Bonchev–Trinajstić information content (AvgIpc) is 2.80. The summed E-state index contributed by atoms with van der Waals surface area (Å²) in [6.45, 7) is 1.49. The van der Waals surface area contributed by atoms with Crippen molar-refractivity contribution in [1.82, 2.24) is 4.98 Å². The number of rotatable bonds is 3. The molecule has 0 radical (unpaired) electrons. The first-order valence-electron chi connectivity index (χ1n) is 5.12. The van der Waals surface area contributed by atoms with Crippen LogP contribution < -0.4 is 0 Å². The van der Waals surface area contributed by atoms with Gasteiger partial charge in [-0.15, -0.1) is 11.3 Å². The van der Waals surface area contributed by atoms with Crippen LogP contribution in [-0.4, -0.2) is 16.1 Å². The van der Waals surface area contributed by atoms with Crippen LogP contribution in [0.4, 0.5) is 8.78 Å². The molecule has 1 unspecified atom stereocenters. The molecule has 18 heavy (non-hydrogen) atoms. The Hall–Kier alpha value is -1.82. The topological polar surface area (TPSA) is 50.2 Å². The second kappa shape index (κ2) is 4.81. The molecule has 0 bridgehead atoms. The Bertz CT molecular complexity index is 598. The van der Waals surface area contributed by atoms with Gasteiger partial charge in [-0.1, -0.05) is 0 Å². The molecule has 3 nitrogen and oxygen atoms in total. The molecule has 0 aliphatic carbocycles. The number of thiazole rings is 1. The zero-order valence-corrected chi connectivity index (χ0v) is 10.2. The Morgan fingerprint density at radius 3 is 2.83 bits per heavy atom. The molecule has 1 N–H and O–H groups in total. The molecule has 0 fully saturated rings. The van der Waals surface area contributed by atoms with E-state index in [2.05, 4.69) is 4.98 Å². The third kappa shape index (κ3) is 2.38. The Morgan fingerprint density at radius 2 is 2.17 bits per heavy atom. The second-order valence-corrected chi connectivity index (χ2v) is 4.64. The summed E-state index contributed by atoms with van der Waals surface area (Å²) in [5, 5.41) is 10.7. The molecule has 0 aliphatic heterocycles. The standard InChI is InChI=1S/C12H9F2NO2S/c1-6(12(16)17)11-15-10(5-18-11)8-4-7(13)2-3-9(8)14/h2-6H,1H3,(H,16,17). The maximum absolute atomic E-state index is 13.5. The molecule has 0 saturated carbocycles. The maximum Gasteiger partial charge on any atom is 0.313 e. The largest absolute Gasteiger partial charge is 0.481 e. The first kappa shape index (κ1) is 12.6. The van der Waals surface area contributed by atoms with Gasteiger partial charge >= 0.3 is 5.97 Å². The van der Waals surface area contributed by atoms with Crippen LogP contribution in [-0.2, 0) is 4.79 Å². The number of carboxylic acids is 1. The fraction of sp³-hybridized carbons (Fsp3) is 0.167. The van der Waals surface area contributed by atoms with Crippen LogP contribution >= 0.6 is 11.3 Å². The summed E-state index contributed by atoms with van der Waals surface area (Å²) in [6, 6.07) is 3.08. The monoisotopic (exact) mass is 269 g/mol. The smallest absolute Gasteiger partial charge is 0.313 e. The van der Waals surface area contributed by atoms with E-state index in [1.165, 1.54) is 12.3 Å². The van der Waals surface area contributed by atoms with E-state index in [-0.39, 0.29) is 11.3 Å². The van der Waals surface area contributed by atoms with Gasteiger partial charge in [0, 0.05) is 10.9 Å². The third-order valence-electron chi connectivity index (χ3n) is 2.47. The molecular weight excluding hydrogens is 260 g/mol. The van der Waals surface area contributed by atoms with E-state index >= 15 is 0 Å². The molecule has 0 aliphatic rings. The van der Waals surface area contributed by atoms with Gasteiger partial charge < -0.3 is 5.11 Å². The lowest BCUT2D eigenvalue weighted by Gasteiger charge is -2.01. The van der Waals surface area contributed by atoms with Crippen molar-refractivity contribution < 1.29 is 18.7 Å². The normalized spacial score (nSPS) is 12.4. The molecule has 6 heteroatoms. The van der Waals surface area contributed by atoms with E-state index in [1.807, 2.05) is 0 Å². The van der Waals surface area contributed by atoms with E-state index in [9.17, 15) is 13.6 Å². The van der Waals surface area contributed by atoms with E-state index in [0.717, 1.165) is 29.5 Å². The van der Waals surface area contributed by atoms with Gasteiger partial charge in [-0.3, -0.25) is 4.79 Å². The van der Waals surface area contributed by atoms with Crippen molar-refractivity contribution in [2.24, 2.45) is 0 Å². The highest BCUT2D eigenvalue weighted by Crippen LogP contribution is 2.28. The number of hydrogen-bond donors (Lipinski definition) is 1. The van der Waals surface area contributed by atoms with Gasteiger partial charge in [0.15, 0.2) is 0 Å². The quantitative estimate of drug-likeness (QED) is 0.930.